The van der Waals surface area contributed by atoms with Crippen LogP contribution in [0.1, 0.15) is 68.2 Å². The number of cyclic esters (lactones) is 1. The summed E-state index contributed by atoms with van der Waals surface area (Å²) in [5, 5.41) is 0. The van der Waals surface area contributed by atoms with Crippen LogP contribution < -0.4 is 0 Å². The van der Waals surface area contributed by atoms with Gasteiger partial charge < -0.3 is 21.6 Å². The molecule has 3 heterocycles. The number of ether oxygens (including phenoxy) is 3. The molecule has 0 aromatic carbocycles. The minimum Gasteiger partial charge on any atom is -0.458 e. The zero-order valence-corrected chi connectivity index (χ0v) is 26.2. The zero-order valence-electron chi connectivity index (χ0n) is 23.3. The van der Waals surface area contributed by atoms with Crippen molar-refractivity contribution < 1.29 is 44.9 Å². The Bertz CT molecular complexity index is 792. The number of aliphatic imine (C=N–C) groups is 1. The minimum atomic E-state index is -0.943. The molecule has 8 heteroatoms. The summed E-state index contributed by atoms with van der Waals surface area (Å²) in [5.41, 5.74) is -0.330. The number of nitrogens with zero attached hydrogens (tertiary/aromatic N) is 2. The van der Waals surface area contributed by atoms with Gasteiger partial charge in [-0.1, -0.05) is 60.0 Å². The third-order valence-electron chi connectivity index (χ3n) is 8.60. The Hall–Kier alpha value is -0.942. The predicted octanol–water partition coefficient (Wildman–Crippen LogP) is 4.98. The summed E-state index contributed by atoms with van der Waals surface area (Å²) in [6.45, 7) is 17.5. The fourth-order valence-corrected chi connectivity index (χ4v) is 6.34. The van der Waals surface area contributed by atoms with Crippen molar-refractivity contribution in [3.05, 3.63) is 13.8 Å². The second kappa shape index (κ2) is 12.1. The van der Waals surface area contributed by atoms with Crippen LogP contribution in [0, 0.1) is 43.4 Å². The van der Waals surface area contributed by atoms with Gasteiger partial charge in [0.2, 0.25) is 0 Å². The van der Waals surface area contributed by atoms with E-state index in [0.717, 1.165) is 12.1 Å². The molecule has 9 atom stereocenters. The van der Waals surface area contributed by atoms with E-state index in [4.69, 9.17) is 19.2 Å². The summed E-state index contributed by atoms with van der Waals surface area (Å²) in [7, 11) is 1.74. The van der Waals surface area contributed by atoms with E-state index in [9.17, 15) is 9.59 Å². The average Bonchev–Trinajstić information content (AvgIpc) is 2.89. The number of amides is 1. The van der Waals surface area contributed by atoms with Crippen LogP contribution in [0.15, 0.2) is 4.99 Å². The minimum absolute atomic E-state index is 0. The van der Waals surface area contributed by atoms with Gasteiger partial charge in [-0.05, 0) is 25.7 Å². The molecular weight excluding hydrogens is 616 g/mol. The molecular formula is C27H46N2O5W. The van der Waals surface area contributed by atoms with Gasteiger partial charge in [0, 0.05) is 25.3 Å². The molecule has 2 saturated heterocycles. The van der Waals surface area contributed by atoms with E-state index in [1.165, 1.54) is 0 Å². The van der Waals surface area contributed by atoms with E-state index in [1.807, 2.05) is 20.8 Å². The number of methoxy groups -OCH3 is 1. The number of hydrogen-bond donors (Lipinski definition) is 0. The molecule has 0 saturated carbocycles. The van der Waals surface area contributed by atoms with Crippen LogP contribution in [0.5, 0.6) is 0 Å². The van der Waals surface area contributed by atoms with Crippen LogP contribution in [0.3, 0.4) is 0 Å². The predicted molar refractivity (Wildman–Crippen MR) is 134 cm³/mol. The van der Waals surface area contributed by atoms with Crippen molar-refractivity contribution in [1.82, 2.24) is 4.90 Å². The first-order valence-electron chi connectivity index (χ1n) is 12.5. The normalized spacial score (nSPS) is 42.4. The Morgan fingerprint density at radius 2 is 1.77 bits per heavy atom. The molecule has 0 radical (unpaired) electrons. The monoisotopic (exact) mass is 662 g/mol. The van der Waals surface area contributed by atoms with Crippen molar-refractivity contribution >= 4 is 17.8 Å². The first kappa shape index (κ1) is 32.1. The zero-order chi connectivity index (χ0) is 24.7. The topological polar surface area (TPSA) is 77.4 Å². The molecule has 200 valence electrons. The molecule has 0 aromatic rings. The van der Waals surface area contributed by atoms with Crippen molar-refractivity contribution in [1.29, 1.82) is 0 Å². The third-order valence-corrected chi connectivity index (χ3v) is 8.60. The fraction of sp³-hybridized carbons (Fsp3) is 0.815. The molecule has 3 aliphatic heterocycles. The first-order valence-corrected chi connectivity index (χ1v) is 12.5. The Morgan fingerprint density at radius 3 is 2.34 bits per heavy atom. The van der Waals surface area contributed by atoms with E-state index in [0.29, 0.717) is 19.5 Å². The number of carbonyl (C=O) groups is 2. The van der Waals surface area contributed by atoms with Crippen molar-refractivity contribution in [3.63, 3.8) is 0 Å². The van der Waals surface area contributed by atoms with Gasteiger partial charge in [0.25, 0.3) is 0 Å². The summed E-state index contributed by atoms with van der Waals surface area (Å²) in [4.78, 5) is 33.0. The summed E-state index contributed by atoms with van der Waals surface area (Å²) in [5.74, 6) is -0.213. The van der Waals surface area contributed by atoms with E-state index < -0.39 is 17.3 Å². The molecule has 35 heavy (non-hydrogen) atoms. The molecule has 0 spiro atoms. The molecule has 7 nitrogen and oxygen atoms in total. The van der Waals surface area contributed by atoms with Gasteiger partial charge >= 0.3 is 33.1 Å². The average molecular weight is 663 g/mol. The molecule has 0 N–H and O–H groups in total. The molecule has 2 unspecified atom stereocenters. The molecule has 2 fully saturated rings. The van der Waals surface area contributed by atoms with E-state index in [-0.39, 0.29) is 76.2 Å². The molecule has 3 rings (SSSR count). The third kappa shape index (κ3) is 5.97. The van der Waals surface area contributed by atoms with Gasteiger partial charge in [0.05, 0.1) is 18.5 Å². The second-order valence-corrected chi connectivity index (χ2v) is 10.9. The van der Waals surface area contributed by atoms with Gasteiger partial charge in [0.15, 0.2) is 5.60 Å². The molecule has 2 bridgehead atoms. The quantitative estimate of drug-likeness (QED) is 0.308. The van der Waals surface area contributed by atoms with E-state index >= 15 is 0 Å². The maximum absolute atomic E-state index is 13.3. The Labute approximate surface area is 227 Å². The van der Waals surface area contributed by atoms with Crippen molar-refractivity contribution in [2.24, 2.45) is 34.6 Å². The van der Waals surface area contributed by atoms with Crippen molar-refractivity contribution in [2.75, 3.05) is 20.2 Å². The van der Waals surface area contributed by atoms with Crippen LogP contribution in [0.2, 0.25) is 0 Å². The number of esters is 1. The van der Waals surface area contributed by atoms with Gasteiger partial charge in [-0.3, -0.25) is 21.1 Å². The number of carbonyl (C=O) groups excluding carboxylic acids is 2. The van der Waals surface area contributed by atoms with Crippen LogP contribution in [-0.4, -0.2) is 66.2 Å². The molecule has 0 aliphatic carbocycles. The van der Waals surface area contributed by atoms with Gasteiger partial charge in [0.1, 0.15) is 6.10 Å². The van der Waals surface area contributed by atoms with E-state index in [1.54, 1.807) is 12.0 Å². The summed E-state index contributed by atoms with van der Waals surface area (Å²) < 4.78 is 18.1. The summed E-state index contributed by atoms with van der Waals surface area (Å²) >= 11 is 0. The fourth-order valence-electron chi connectivity index (χ4n) is 6.34. The van der Waals surface area contributed by atoms with Crippen LogP contribution >= 0.6 is 0 Å². The maximum atomic E-state index is 13.3. The maximum Gasteiger partial charge on any atom is 2.00 e. The van der Waals surface area contributed by atoms with Crippen molar-refractivity contribution in [3.8, 4) is 0 Å². The van der Waals surface area contributed by atoms with Gasteiger partial charge in [-0.2, -0.15) is 5.92 Å². The first-order chi connectivity index (χ1) is 15.4. The SMILES string of the molecule is CC[C@H]1OC(=O)C(C)[C@@H](C)[C@H](C)[CH-][C@](C)(OC)C[C@@H](C)C2=NCCN3C(=O)O[C@@]1(C)[C@H]3C2C.[CH3-].[W+2]. The number of hydrogen-bond acceptors (Lipinski definition) is 6. The number of rotatable bonds is 2. The molecule has 3 aliphatic rings. The Morgan fingerprint density at radius 1 is 1.14 bits per heavy atom. The van der Waals surface area contributed by atoms with Crippen LogP contribution in [0.25, 0.3) is 0 Å². The largest absolute Gasteiger partial charge is 2.00 e. The van der Waals surface area contributed by atoms with Gasteiger partial charge in [-0.25, -0.2) is 4.79 Å². The standard InChI is InChI=1S/C26H43N2O5.CH3.W/c1-10-20-26(8)22-19(6)21(27-11-12-28(22)24(30)33-26)16(3)14-25(7,31-9)13-15(2)17(4)18(5)23(29)32-20;;/h13,15-20,22H,10-12,14H2,1-9H3;1H3;/q2*-1;+2/t15-,16-,17+,18?,19?,20-,22-,25+,26-;;/m1../s1. The number of fused-ring (bicyclic) bond motifs is 1. The second-order valence-electron chi connectivity index (χ2n) is 10.9. The van der Waals surface area contributed by atoms with Gasteiger partial charge in [-0.15, -0.1) is 0 Å². The molecule has 1 amide bonds. The van der Waals surface area contributed by atoms with E-state index in [2.05, 4.69) is 41.0 Å². The summed E-state index contributed by atoms with van der Waals surface area (Å²) in [6.07, 6.45) is 2.71. The summed E-state index contributed by atoms with van der Waals surface area (Å²) in [6, 6.07) is -0.251. The van der Waals surface area contributed by atoms with Crippen molar-refractivity contribution in [2.45, 2.75) is 91.6 Å². The van der Waals surface area contributed by atoms with Crippen LogP contribution in [-0.2, 0) is 40.1 Å². The molecule has 0 aromatic heterocycles. The Kier molecular flexibility index (Phi) is 11.1. The Balaban J connectivity index is 0.00000306. The smallest absolute Gasteiger partial charge is 0.458 e. The van der Waals surface area contributed by atoms with Crippen LogP contribution in [0.4, 0.5) is 4.79 Å².